The highest BCUT2D eigenvalue weighted by Gasteiger charge is 2.50. The highest BCUT2D eigenvalue weighted by atomic mass is 28.3. The maximum Gasteiger partial charge on any atom is 0.119 e. The molecule has 1 aromatic carbocycles. The summed E-state index contributed by atoms with van der Waals surface area (Å²) in [6.45, 7) is 14.1. The molecule has 0 heterocycles. The Morgan fingerprint density at radius 2 is 2.00 bits per heavy atom. The van der Waals surface area contributed by atoms with Gasteiger partial charge in [0, 0.05) is 0 Å². The Labute approximate surface area is 147 Å². The summed E-state index contributed by atoms with van der Waals surface area (Å²) in [4.78, 5) is 0. The summed E-state index contributed by atoms with van der Waals surface area (Å²) >= 11 is 0. The van der Waals surface area contributed by atoms with Crippen molar-refractivity contribution in [3.63, 3.8) is 0 Å². The second-order valence-corrected chi connectivity index (χ2v) is 13.9. The van der Waals surface area contributed by atoms with Crippen molar-refractivity contribution >= 4 is 13.6 Å². The Hall–Kier alpha value is -1.32. The smallest absolute Gasteiger partial charge is 0.119 e. The summed E-state index contributed by atoms with van der Waals surface area (Å²) in [6.07, 6.45) is 2.65. The lowest BCUT2D eigenvalue weighted by atomic mass is 9.67. The van der Waals surface area contributed by atoms with E-state index in [1.54, 1.807) is 12.3 Å². The largest absolute Gasteiger partial charge is 0.497 e. The Balaban J connectivity index is 2.18. The molecule has 0 aliphatic heterocycles. The van der Waals surface area contributed by atoms with Crippen LogP contribution < -0.4 is 4.74 Å². The SMILES string of the molecule is C=C1C(c2cccc(OC)c2)=C([Si](C)(C)C)C[C@@]2(C)C[C@@H](O)C[C@H]12. The predicted molar refractivity (Wildman–Crippen MR) is 104 cm³/mol. The molecule has 3 rings (SSSR count). The maximum absolute atomic E-state index is 10.3. The Kier molecular flexibility index (Phi) is 4.29. The molecule has 1 saturated carbocycles. The quantitative estimate of drug-likeness (QED) is 0.778. The summed E-state index contributed by atoms with van der Waals surface area (Å²) in [6, 6.07) is 8.37. The molecule has 0 amide bonds. The second kappa shape index (κ2) is 5.89. The first kappa shape index (κ1) is 17.5. The van der Waals surface area contributed by atoms with E-state index >= 15 is 0 Å². The number of aliphatic hydroxyl groups excluding tert-OH is 1. The number of benzene rings is 1. The third-order valence-electron chi connectivity index (χ3n) is 5.94. The van der Waals surface area contributed by atoms with E-state index in [-0.39, 0.29) is 11.5 Å². The average molecular weight is 343 g/mol. The number of methoxy groups -OCH3 is 1. The number of allylic oxidation sites excluding steroid dienone is 3. The summed E-state index contributed by atoms with van der Waals surface area (Å²) in [5.74, 6) is 1.27. The van der Waals surface area contributed by atoms with Gasteiger partial charge in [-0.25, -0.2) is 0 Å². The van der Waals surface area contributed by atoms with E-state index in [9.17, 15) is 5.11 Å². The molecule has 1 N–H and O–H groups in total. The molecule has 24 heavy (non-hydrogen) atoms. The zero-order chi connectivity index (χ0) is 17.7. The summed E-state index contributed by atoms with van der Waals surface area (Å²) < 4.78 is 5.44. The number of fused-ring (bicyclic) bond motifs is 1. The van der Waals surface area contributed by atoms with Gasteiger partial charge in [0.25, 0.3) is 0 Å². The van der Waals surface area contributed by atoms with Gasteiger partial charge in [0.05, 0.1) is 21.3 Å². The molecule has 2 aliphatic carbocycles. The fraction of sp³-hybridized carbons (Fsp3) is 0.524. The van der Waals surface area contributed by atoms with Crippen LogP contribution in [0.3, 0.4) is 0 Å². The van der Waals surface area contributed by atoms with E-state index in [0.29, 0.717) is 5.92 Å². The van der Waals surface area contributed by atoms with E-state index in [4.69, 9.17) is 4.74 Å². The normalized spacial score (nSPS) is 30.5. The van der Waals surface area contributed by atoms with Crippen molar-refractivity contribution in [2.24, 2.45) is 11.3 Å². The molecule has 3 atom stereocenters. The van der Waals surface area contributed by atoms with E-state index in [1.165, 1.54) is 16.7 Å². The zero-order valence-electron chi connectivity index (χ0n) is 15.6. The van der Waals surface area contributed by atoms with Gasteiger partial charge in [0.1, 0.15) is 5.75 Å². The number of hydrogen-bond donors (Lipinski definition) is 1. The van der Waals surface area contributed by atoms with Gasteiger partial charge in [0.2, 0.25) is 0 Å². The highest BCUT2D eigenvalue weighted by Crippen LogP contribution is 2.58. The zero-order valence-corrected chi connectivity index (χ0v) is 16.6. The molecule has 3 heteroatoms. The monoisotopic (exact) mass is 342 g/mol. The lowest BCUT2D eigenvalue weighted by Crippen LogP contribution is -2.37. The van der Waals surface area contributed by atoms with E-state index in [0.717, 1.165) is 25.0 Å². The minimum Gasteiger partial charge on any atom is -0.497 e. The maximum atomic E-state index is 10.3. The lowest BCUT2D eigenvalue weighted by molar-refractivity contribution is 0.163. The van der Waals surface area contributed by atoms with Gasteiger partial charge in [-0.1, -0.05) is 50.5 Å². The first-order valence-electron chi connectivity index (χ1n) is 8.91. The van der Waals surface area contributed by atoms with Crippen LogP contribution in [0.2, 0.25) is 19.6 Å². The molecule has 0 unspecified atom stereocenters. The van der Waals surface area contributed by atoms with Crippen LogP contribution in [0.5, 0.6) is 5.75 Å². The van der Waals surface area contributed by atoms with Gasteiger partial charge in [-0.3, -0.25) is 0 Å². The van der Waals surface area contributed by atoms with E-state index in [1.807, 2.05) is 6.07 Å². The summed E-state index contributed by atoms with van der Waals surface area (Å²) in [5.41, 5.74) is 3.96. The highest BCUT2D eigenvalue weighted by molar-refractivity contribution is 6.84. The van der Waals surface area contributed by atoms with Crippen molar-refractivity contribution in [2.75, 3.05) is 7.11 Å². The van der Waals surface area contributed by atoms with Crippen molar-refractivity contribution in [1.29, 1.82) is 0 Å². The van der Waals surface area contributed by atoms with Crippen molar-refractivity contribution in [2.45, 2.75) is 51.9 Å². The van der Waals surface area contributed by atoms with Crippen LogP contribution in [0.25, 0.3) is 5.57 Å². The lowest BCUT2D eigenvalue weighted by Gasteiger charge is -2.44. The molecule has 1 fully saturated rings. The van der Waals surface area contributed by atoms with Crippen LogP contribution in [-0.2, 0) is 0 Å². The van der Waals surface area contributed by atoms with Crippen LogP contribution in [0.4, 0.5) is 0 Å². The molecule has 0 spiro atoms. The molecular formula is C21H30O2Si. The van der Waals surface area contributed by atoms with Crippen molar-refractivity contribution in [3.05, 3.63) is 47.2 Å². The van der Waals surface area contributed by atoms with Crippen molar-refractivity contribution in [1.82, 2.24) is 0 Å². The molecule has 2 nitrogen and oxygen atoms in total. The number of aliphatic hydroxyl groups is 1. The Morgan fingerprint density at radius 1 is 1.29 bits per heavy atom. The van der Waals surface area contributed by atoms with Gasteiger partial charge < -0.3 is 9.84 Å². The van der Waals surface area contributed by atoms with Crippen LogP contribution in [0, 0.1) is 11.3 Å². The second-order valence-electron chi connectivity index (χ2n) is 8.84. The van der Waals surface area contributed by atoms with Gasteiger partial charge in [-0.05, 0) is 59.4 Å². The van der Waals surface area contributed by atoms with Crippen LogP contribution in [0.15, 0.2) is 41.6 Å². The minimum atomic E-state index is -1.50. The molecule has 0 radical (unpaired) electrons. The first-order valence-corrected chi connectivity index (χ1v) is 12.4. The standard InChI is InChI=1S/C21H30O2Si/c1-14-18-11-16(22)12-21(18,2)13-19(24(4,5)6)20(14)15-8-7-9-17(10-15)23-3/h7-10,16,18,22H,1,11-13H2,2-6H3/t16-,18+,21+/m0/s1. The number of ether oxygens (including phenoxy) is 1. The van der Waals surface area contributed by atoms with Gasteiger partial charge >= 0.3 is 0 Å². The van der Waals surface area contributed by atoms with Crippen molar-refractivity contribution < 1.29 is 9.84 Å². The molecule has 1 aromatic rings. The van der Waals surface area contributed by atoms with E-state index < -0.39 is 8.07 Å². The van der Waals surface area contributed by atoms with Gasteiger partial charge in [-0.15, -0.1) is 0 Å². The van der Waals surface area contributed by atoms with Crippen molar-refractivity contribution in [3.8, 4) is 5.75 Å². The molecule has 0 saturated heterocycles. The average Bonchev–Trinajstić information content (AvgIpc) is 2.81. The third kappa shape index (κ3) is 2.89. The molecule has 0 bridgehead atoms. The van der Waals surface area contributed by atoms with Crippen LogP contribution >= 0.6 is 0 Å². The predicted octanol–water partition coefficient (Wildman–Crippen LogP) is 5.06. The molecular weight excluding hydrogens is 312 g/mol. The van der Waals surface area contributed by atoms with E-state index in [2.05, 4.69) is 51.3 Å². The topological polar surface area (TPSA) is 29.5 Å². The Morgan fingerprint density at radius 3 is 2.62 bits per heavy atom. The van der Waals surface area contributed by atoms with Gasteiger partial charge in [-0.2, -0.15) is 0 Å². The third-order valence-corrected chi connectivity index (χ3v) is 8.18. The van der Waals surface area contributed by atoms with Crippen LogP contribution in [-0.4, -0.2) is 26.4 Å². The molecule has 130 valence electrons. The minimum absolute atomic E-state index is 0.161. The summed E-state index contributed by atoms with van der Waals surface area (Å²) in [7, 11) is 0.211. The molecule has 2 aliphatic rings. The Bertz CT molecular complexity index is 698. The fourth-order valence-corrected chi connectivity index (χ4v) is 6.71. The first-order chi connectivity index (χ1) is 11.2. The van der Waals surface area contributed by atoms with Gasteiger partial charge in [0.15, 0.2) is 0 Å². The fourth-order valence-electron chi connectivity index (χ4n) is 4.72. The number of rotatable bonds is 3. The number of hydrogen-bond acceptors (Lipinski definition) is 2. The van der Waals surface area contributed by atoms with Crippen LogP contribution in [0.1, 0.15) is 31.7 Å². The summed E-state index contributed by atoms with van der Waals surface area (Å²) in [5, 5.41) is 11.9. The molecule has 0 aromatic heterocycles.